The van der Waals surface area contributed by atoms with Crippen molar-refractivity contribution < 1.29 is 4.79 Å². The first-order valence-corrected chi connectivity index (χ1v) is 9.98. The number of nitrogens with zero attached hydrogens (tertiary/aromatic N) is 1. The average Bonchev–Trinajstić information content (AvgIpc) is 2.56. The molecule has 2 aliphatic rings. The fourth-order valence-electron chi connectivity index (χ4n) is 4.99. The van der Waals surface area contributed by atoms with Gasteiger partial charge in [-0.15, -0.1) is 0 Å². The Morgan fingerprint density at radius 1 is 0.792 bits per heavy atom. The Labute approximate surface area is 147 Å². The van der Waals surface area contributed by atoms with Crippen LogP contribution in [0.5, 0.6) is 0 Å². The Bertz CT molecular complexity index is 539. The second-order valence-corrected chi connectivity index (χ2v) is 8.07. The standard InChI is InChI=1S/C22H33NO/c1-16-14-17(2)21(18(3)15-16)22(24)23(19-10-6-4-7-11-19)20-12-8-5-9-13-20/h14-15,19-20H,4-13H2,1-3H3. The second-order valence-electron chi connectivity index (χ2n) is 8.07. The van der Waals surface area contributed by atoms with Gasteiger partial charge in [-0.05, 0) is 57.6 Å². The Balaban J connectivity index is 1.93. The third-order valence-electron chi connectivity index (χ3n) is 6.06. The molecule has 0 radical (unpaired) electrons. The Kier molecular flexibility index (Phi) is 5.63. The van der Waals surface area contributed by atoms with E-state index in [1.165, 1.54) is 69.8 Å². The summed E-state index contributed by atoms with van der Waals surface area (Å²) in [7, 11) is 0. The summed E-state index contributed by atoms with van der Waals surface area (Å²) >= 11 is 0. The predicted molar refractivity (Wildman–Crippen MR) is 101 cm³/mol. The van der Waals surface area contributed by atoms with E-state index in [2.05, 4.69) is 37.8 Å². The van der Waals surface area contributed by atoms with Gasteiger partial charge in [0.25, 0.3) is 5.91 Å². The van der Waals surface area contributed by atoms with Crippen LogP contribution in [-0.2, 0) is 0 Å². The molecule has 0 heterocycles. The van der Waals surface area contributed by atoms with Crippen LogP contribution in [0.1, 0.15) is 91.3 Å². The van der Waals surface area contributed by atoms with Crippen molar-refractivity contribution in [2.24, 2.45) is 0 Å². The van der Waals surface area contributed by atoms with Crippen molar-refractivity contribution in [3.8, 4) is 0 Å². The Hall–Kier alpha value is -1.31. The molecule has 2 nitrogen and oxygen atoms in total. The van der Waals surface area contributed by atoms with E-state index in [4.69, 9.17) is 0 Å². The van der Waals surface area contributed by atoms with Crippen LogP contribution in [0, 0.1) is 20.8 Å². The van der Waals surface area contributed by atoms with Crippen molar-refractivity contribution in [3.63, 3.8) is 0 Å². The summed E-state index contributed by atoms with van der Waals surface area (Å²) < 4.78 is 0. The molecule has 0 atom stereocenters. The van der Waals surface area contributed by atoms with Gasteiger partial charge in [0.1, 0.15) is 0 Å². The molecule has 0 spiro atoms. The van der Waals surface area contributed by atoms with Crippen LogP contribution in [0.15, 0.2) is 12.1 Å². The van der Waals surface area contributed by atoms with Crippen molar-refractivity contribution >= 4 is 5.91 Å². The van der Waals surface area contributed by atoms with Crippen LogP contribution in [0.4, 0.5) is 0 Å². The van der Waals surface area contributed by atoms with Gasteiger partial charge in [0.15, 0.2) is 0 Å². The minimum Gasteiger partial charge on any atom is -0.333 e. The normalized spacial score (nSPS) is 20.1. The number of hydrogen-bond donors (Lipinski definition) is 0. The molecule has 0 unspecified atom stereocenters. The van der Waals surface area contributed by atoms with Crippen LogP contribution in [0.3, 0.4) is 0 Å². The largest absolute Gasteiger partial charge is 0.333 e. The average molecular weight is 328 g/mol. The summed E-state index contributed by atoms with van der Waals surface area (Å²) in [6.45, 7) is 6.33. The number of benzene rings is 1. The van der Waals surface area contributed by atoms with Crippen molar-refractivity contribution in [1.82, 2.24) is 4.90 Å². The minimum absolute atomic E-state index is 0.309. The lowest BCUT2D eigenvalue weighted by Gasteiger charge is -2.42. The summed E-state index contributed by atoms with van der Waals surface area (Å²) in [6, 6.07) is 5.27. The lowest BCUT2D eigenvalue weighted by Crippen LogP contribution is -2.49. The van der Waals surface area contributed by atoms with Crippen LogP contribution in [-0.4, -0.2) is 22.9 Å². The molecule has 0 aliphatic heterocycles. The van der Waals surface area contributed by atoms with Crippen molar-refractivity contribution in [3.05, 3.63) is 34.4 Å². The van der Waals surface area contributed by atoms with E-state index >= 15 is 0 Å². The number of aryl methyl sites for hydroxylation is 3. The van der Waals surface area contributed by atoms with Crippen molar-refractivity contribution in [2.75, 3.05) is 0 Å². The van der Waals surface area contributed by atoms with Gasteiger partial charge >= 0.3 is 0 Å². The van der Waals surface area contributed by atoms with Gasteiger partial charge in [0, 0.05) is 17.6 Å². The molecule has 0 saturated heterocycles. The molecule has 24 heavy (non-hydrogen) atoms. The number of amides is 1. The fraction of sp³-hybridized carbons (Fsp3) is 0.682. The van der Waals surface area contributed by atoms with Gasteiger partial charge in [-0.3, -0.25) is 4.79 Å². The molecule has 132 valence electrons. The number of carbonyl (C=O) groups excluding carboxylic acids is 1. The first-order chi connectivity index (χ1) is 11.6. The quantitative estimate of drug-likeness (QED) is 0.695. The highest BCUT2D eigenvalue weighted by molar-refractivity contribution is 5.97. The lowest BCUT2D eigenvalue weighted by atomic mass is 9.87. The van der Waals surface area contributed by atoms with Gasteiger partial charge in [-0.1, -0.05) is 56.2 Å². The molecule has 0 bridgehead atoms. The number of hydrogen-bond acceptors (Lipinski definition) is 1. The van der Waals surface area contributed by atoms with E-state index in [-0.39, 0.29) is 0 Å². The summed E-state index contributed by atoms with van der Waals surface area (Å²) in [5.41, 5.74) is 4.52. The molecule has 0 N–H and O–H groups in total. The third-order valence-corrected chi connectivity index (χ3v) is 6.06. The molecule has 1 aromatic rings. The predicted octanol–water partition coefficient (Wildman–Crippen LogP) is 5.72. The van der Waals surface area contributed by atoms with Gasteiger partial charge in [-0.25, -0.2) is 0 Å². The maximum absolute atomic E-state index is 13.6. The molecule has 0 aromatic heterocycles. The van der Waals surface area contributed by atoms with Crippen LogP contribution >= 0.6 is 0 Å². The van der Waals surface area contributed by atoms with E-state index in [1.807, 2.05) is 0 Å². The van der Waals surface area contributed by atoms with Crippen LogP contribution < -0.4 is 0 Å². The monoisotopic (exact) mass is 327 g/mol. The maximum Gasteiger partial charge on any atom is 0.254 e. The molecular formula is C22H33NO. The van der Waals surface area contributed by atoms with E-state index in [0.29, 0.717) is 18.0 Å². The zero-order chi connectivity index (χ0) is 17.1. The Morgan fingerprint density at radius 2 is 1.21 bits per heavy atom. The molecule has 2 saturated carbocycles. The first kappa shape index (κ1) is 17.5. The van der Waals surface area contributed by atoms with Gasteiger partial charge < -0.3 is 4.90 Å². The third kappa shape index (κ3) is 3.68. The molecular weight excluding hydrogens is 294 g/mol. The molecule has 2 fully saturated rings. The fourth-order valence-corrected chi connectivity index (χ4v) is 4.99. The Morgan fingerprint density at radius 3 is 1.62 bits per heavy atom. The molecule has 1 amide bonds. The number of carbonyl (C=O) groups is 1. The SMILES string of the molecule is Cc1cc(C)c(C(=O)N(C2CCCCC2)C2CCCCC2)c(C)c1. The second kappa shape index (κ2) is 7.72. The van der Waals surface area contributed by atoms with Gasteiger partial charge in [-0.2, -0.15) is 0 Å². The van der Waals surface area contributed by atoms with Gasteiger partial charge in [0.2, 0.25) is 0 Å². The van der Waals surface area contributed by atoms with Crippen molar-refractivity contribution in [2.45, 2.75) is 97.1 Å². The van der Waals surface area contributed by atoms with Crippen LogP contribution in [0.25, 0.3) is 0 Å². The summed E-state index contributed by atoms with van der Waals surface area (Å²) in [6.07, 6.45) is 12.6. The van der Waals surface area contributed by atoms with Crippen LogP contribution in [0.2, 0.25) is 0 Å². The van der Waals surface area contributed by atoms with E-state index < -0.39 is 0 Å². The van der Waals surface area contributed by atoms with E-state index in [9.17, 15) is 4.79 Å². The smallest absolute Gasteiger partial charge is 0.254 e. The highest BCUT2D eigenvalue weighted by atomic mass is 16.2. The molecule has 2 heteroatoms. The highest BCUT2D eigenvalue weighted by Crippen LogP contribution is 2.32. The summed E-state index contributed by atoms with van der Waals surface area (Å²) in [4.78, 5) is 16.0. The van der Waals surface area contributed by atoms with E-state index in [1.54, 1.807) is 0 Å². The molecule has 2 aliphatic carbocycles. The summed E-state index contributed by atoms with van der Waals surface area (Å²) in [5, 5.41) is 0. The highest BCUT2D eigenvalue weighted by Gasteiger charge is 2.34. The molecule has 3 rings (SSSR count). The minimum atomic E-state index is 0.309. The maximum atomic E-state index is 13.6. The summed E-state index contributed by atoms with van der Waals surface area (Å²) in [5.74, 6) is 0.309. The lowest BCUT2D eigenvalue weighted by molar-refractivity contribution is 0.0447. The van der Waals surface area contributed by atoms with E-state index in [0.717, 1.165) is 16.7 Å². The first-order valence-electron chi connectivity index (χ1n) is 9.98. The molecule has 1 aromatic carbocycles. The van der Waals surface area contributed by atoms with Gasteiger partial charge in [0.05, 0.1) is 0 Å². The zero-order valence-corrected chi connectivity index (χ0v) is 15.7. The topological polar surface area (TPSA) is 20.3 Å². The van der Waals surface area contributed by atoms with Crippen molar-refractivity contribution in [1.29, 1.82) is 0 Å². The number of rotatable bonds is 3. The zero-order valence-electron chi connectivity index (χ0n) is 15.7.